The van der Waals surface area contributed by atoms with Crippen LogP contribution in [0.1, 0.15) is 55.7 Å². The molecule has 1 fully saturated rings. The minimum Gasteiger partial charge on any atom is -0.493 e. The number of hydrogen-bond acceptors (Lipinski definition) is 4. The molecule has 1 aromatic rings. The first-order chi connectivity index (χ1) is 12.8. The second-order valence-electron chi connectivity index (χ2n) is 7.18. The lowest BCUT2D eigenvalue weighted by Crippen LogP contribution is -2.39. The van der Waals surface area contributed by atoms with E-state index in [1.807, 2.05) is 0 Å². The Morgan fingerprint density at radius 2 is 1.70 bits per heavy atom. The van der Waals surface area contributed by atoms with Crippen LogP contribution >= 0.6 is 0 Å². The fraction of sp³-hybridized carbons (Fsp3) is 0.632. The van der Waals surface area contributed by atoms with Crippen LogP contribution in [0, 0.1) is 0 Å². The van der Waals surface area contributed by atoms with Crippen LogP contribution in [0.25, 0.3) is 0 Å². The topological polar surface area (TPSA) is 56.8 Å². The van der Waals surface area contributed by atoms with Crippen LogP contribution < -0.4 is 19.5 Å². The van der Waals surface area contributed by atoms with E-state index in [2.05, 4.69) is 5.32 Å². The van der Waals surface area contributed by atoms with Gasteiger partial charge in [0.2, 0.25) is 5.75 Å². The summed E-state index contributed by atoms with van der Waals surface area (Å²) in [6.45, 7) is 0. The lowest BCUT2D eigenvalue weighted by molar-refractivity contribution is -0.174. The summed E-state index contributed by atoms with van der Waals surface area (Å²) in [5, 5.41) is 2.17. The van der Waals surface area contributed by atoms with Crippen molar-refractivity contribution in [2.75, 3.05) is 21.3 Å². The third kappa shape index (κ3) is 3.30. The van der Waals surface area contributed by atoms with Gasteiger partial charge < -0.3 is 19.5 Å². The van der Waals surface area contributed by atoms with E-state index in [0.717, 1.165) is 37.7 Å². The Morgan fingerprint density at radius 1 is 1.07 bits per heavy atom. The maximum Gasteiger partial charge on any atom is 0.471 e. The van der Waals surface area contributed by atoms with Crippen LogP contribution in [0.5, 0.6) is 17.2 Å². The lowest BCUT2D eigenvalue weighted by Gasteiger charge is -2.36. The molecule has 8 heteroatoms. The Labute approximate surface area is 156 Å². The normalized spacial score (nSPS) is 20.9. The predicted octanol–water partition coefficient (Wildman–Crippen LogP) is 4.04. The number of carbonyl (C=O) groups is 1. The molecule has 0 heterocycles. The van der Waals surface area contributed by atoms with Crippen molar-refractivity contribution < 1.29 is 32.2 Å². The van der Waals surface area contributed by atoms with Crippen molar-refractivity contribution in [2.45, 2.75) is 56.2 Å². The highest BCUT2D eigenvalue weighted by atomic mass is 19.4. The highest BCUT2D eigenvalue weighted by Gasteiger charge is 2.50. The number of carbonyl (C=O) groups excluding carboxylic acids is 1. The van der Waals surface area contributed by atoms with E-state index < -0.39 is 18.1 Å². The number of amides is 1. The number of fused-ring (bicyclic) bond motifs is 2. The Bertz CT molecular complexity index is 727. The summed E-state index contributed by atoms with van der Waals surface area (Å²) >= 11 is 0. The summed E-state index contributed by atoms with van der Waals surface area (Å²) in [6.07, 6.45) is 0.217. The first-order valence-electron chi connectivity index (χ1n) is 8.98. The minimum absolute atomic E-state index is 0.331. The molecule has 2 aliphatic carbocycles. The molecule has 0 bridgehead atoms. The Morgan fingerprint density at radius 3 is 2.22 bits per heavy atom. The molecule has 1 amide bonds. The molecule has 1 aromatic carbocycles. The first kappa shape index (κ1) is 19.6. The summed E-state index contributed by atoms with van der Waals surface area (Å²) in [6, 6.07) is 0.919. The molecule has 3 rings (SSSR count). The molecular weight excluding hydrogens is 363 g/mol. The zero-order valence-electron chi connectivity index (χ0n) is 15.7. The third-order valence-electron chi connectivity index (χ3n) is 5.73. The lowest BCUT2D eigenvalue weighted by atomic mass is 9.70. The molecule has 1 atom stereocenters. The SMILES string of the molecule is COc1cc2c(c(OC)c1OC)C1(CCCCC1)CC2NC(=O)C(F)(F)F. The van der Waals surface area contributed by atoms with Gasteiger partial charge in [-0.3, -0.25) is 4.79 Å². The molecule has 0 saturated heterocycles. The highest BCUT2D eigenvalue weighted by Crippen LogP contribution is 2.59. The van der Waals surface area contributed by atoms with Crippen LogP contribution in [-0.4, -0.2) is 33.4 Å². The average Bonchev–Trinajstić information content (AvgIpc) is 2.92. The van der Waals surface area contributed by atoms with Crippen molar-refractivity contribution in [3.8, 4) is 17.2 Å². The van der Waals surface area contributed by atoms with E-state index in [1.165, 1.54) is 21.3 Å². The number of hydrogen-bond donors (Lipinski definition) is 1. The van der Waals surface area contributed by atoms with Crippen molar-refractivity contribution in [1.82, 2.24) is 5.32 Å². The summed E-state index contributed by atoms with van der Waals surface area (Å²) in [4.78, 5) is 11.6. The number of nitrogens with one attached hydrogen (secondary N) is 1. The Balaban J connectivity index is 2.15. The summed E-state index contributed by atoms with van der Waals surface area (Å²) in [5.74, 6) is -0.656. The van der Waals surface area contributed by atoms with E-state index in [-0.39, 0.29) is 5.41 Å². The molecule has 2 aliphatic rings. The maximum absolute atomic E-state index is 12.8. The standard InChI is InChI=1S/C19H24F3NO4/c1-25-13-9-11-12(23-17(24)19(20,21)22)10-18(7-5-4-6-8-18)14(11)16(27-3)15(13)26-2/h9,12H,4-8,10H2,1-3H3,(H,23,24). The van der Waals surface area contributed by atoms with Crippen molar-refractivity contribution in [3.63, 3.8) is 0 Å². The zero-order chi connectivity index (χ0) is 19.8. The van der Waals surface area contributed by atoms with Crippen molar-refractivity contribution in [3.05, 3.63) is 17.2 Å². The summed E-state index contributed by atoms with van der Waals surface area (Å²) in [5.41, 5.74) is 1.13. The van der Waals surface area contributed by atoms with Crippen LogP contribution in [0.4, 0.5) is 13.2 Å². The van der Waals surface area contributed by atoms with Crippen molar-refractivity contribution >= 4 is 5.91 Å². The number of ether oxygens (including phenoxy) is 3. The van der Waals surface area contributed by atoms with E-state index in [9.17, 15) is 18.0 Å². The van der Waals surface area contributed by atoms with E-state index in [4.69, 9.17) is 14.2 Å². The molecule has 1 unspecified atom stereocenters. The minimum atomic E-state index is -4.93. The molecule has 1 saturated carbocycles. The van der Waals surface area contributed by atoms with Gasteiger partial charge in [0.05, 0.1) is 27.4 Å². The van der Waals surface area contributed by atoms with Crippen LogP contribution in [0.3, 0.4) is 0 Å². The monoisotopic (exact) mass is 387 g/mol. The number of alkyl halides is 3. The van der Waals surface area contributed by atoms with Gasteiger partial charge >= 0.3 is 12.1 Å². The number of halogens is 3. The van der Waals surface area contributed by atoms with Gasteiger partial charge in [-0.05, 0) is 30.9 Å². The van der Waals surface area contributed by atoms with Gasteiger partial charge in [-0.1, -0.05) is 19.3 Å². The largest absolute Gasteiger partial charge is 0.493 e. The fourth-order valence-electron chi connectivity index (χ4n) is 4.65. The maximum atomic E-state index is 12.8. The van der Waals surface area contributed by atoms with Crippen molar-refractivity contribution in [2.24, 2.45) is 0 Å². The first-order valence-corrected chi connectivity index (χ1v) is 8.98. The average molecular weight is 387 g/mol. The molecule has 27 heavy (non-hydrogen) atoms. The number of methoxy groups -OCH3 is 3. The molecule has 0 aromatic heterocycles. The van der Waals surface area contributed by atoms with E-state index in [1.54, 1.807) is 6.07 Å². The van der Waals surface area contributed by atoms with Gasteiger partial charge in [0.15, 0.2) is 11.5 Å². The third-order valence-corrected chi connectivity index (χ3v) is 5.73. The van der Waals surface area contributed by atoms with Crippen LogP contribution in [0.15, 0.2) is 6.07 Å². The van der Waals surface area contributed by atoms with E-state index in [0.29, 0.717) is 29.2 Å². The summed E-state index contributed by atoms with van der Waals surface area (Å²) < 4.78 is 55.0. The summed E-state index contributed by atoms with van der Waals surface area (Å²) in [7, 11) is 4.46. The molecule has 1 spiro atoms. The van der Waals surface area contributed by atoms with Gasteiger partial charge in [0.1, 0.15) is 0 Å². The van der Waals surface area contributed by atoms with Crippen LogP contribution in [-0.2, 0) is 10.2 Å². The molecule has 0 aliphatic heterocycles. The molecular formula is C19H24F3NO4. The second-order valence-corrected chi connectivity index (χ2v) is 7.18. The van der Waals surface area contributed by atoms with Gasteiger partial charge in [-0.25, -0.2) is 0 Å². The second kappa shape index (κ2) is 7.13. The number of benzene rings is 1. The van der Waals surface area contributed by atoms with Crippen molar-refractivity contribution in [1.29, 1.82) is 0 Å². The molecule has 150 valence electrons. The number of rotatable bonds is 4. The van der Waals surface area contributed by atoms with Gasteiger partial charge in [0, 0.05) is 11.0 Å². The zero-order valence-corrected chi connectivity index (χ0v) is 15.7. The van der Waals surface area contributed by atoms with Gasteiger partial charge in [-0.15, -0.1) is 0 Å². The molecule has 1 N–H and O–H groups in total. The Kier molecular flexibility index (Phi) is 5.18. The van der Waals surface area contributed by atoms with E-state index >= 15 is 0 Å². The van der Waals surface area contributed by atoms with Crippen LogP contribution in [0.2, 0.25) is 0 Å². The predicted molar refractivity (Wildman–Crippen MR) is 92.4 cm³/mol. The molecule has 0 radical (unpaired) electrons. The highest BCUT2D eigenvalue weighted by molar-refractivity contribution is 5.82. The smallest absolute Gasteiger partial charge is 0.471 e. The molecule has 5 nitrogen and oxygen atoms in total. The quantitative estimate of drug-likeness (QED) is 0.847. The fourth-order valence-corrected chi connectivity index (χ4v) is 4.65. The van der Waals surface area contributed by atoms with Gasteiger partial charge in [-0.2, -0.15) is 13.2 Å². The Hall–Kier alpha value is -2.12. The van der Waals surface area contributed by atoms with Gasteiger partial charge in [0.25, 0.3) is 0 Å².